The molecule has 2 aliphatic rings. The molecule has 0 radical (unpaired) electrons. The van der Waals surface area contributed by atoms with Crippen LogP contribution in [0.4, 0.5) is 32.0 Å². The number of hydrogen-bond acceptors (Lipinski definition) is 11. The van der Waals surface area contributed by atoms with Crippen LogP contribution in [0.1, 0.15) is 69.0 Å². The molecular weight excluding hydrogens is 752 g/mol. The maximum absolute atomic E-state index is 14.2. The summed E-state index contributed by atoms with van der Waals surface area (Å²) < 4.78 is 73.8. The first kappa shape index (κ1) is 45.9. The van der Waals surface area contributed by atoms with Gasteiger partial charge in [0.15, 0.2) is 6.04 Å². The summed E-state index contributed by atoms with van der Waals surface area (Å²) in [7, 11) is 2.10. The monoisotopic (exact) mass is 796 g/mol. The molecule has 0 spiro atoms. The fourth-order valence-electron chi connectivity index (χ4n) is 5.49. The number of alkyl halides is 6. The number of nitrogens with zero attached hydrogens (tertiary/aromatic N) is 2. The Bertz CT molecular complexity index is 1530. The zero-order valence-electron chi connectivity index (χ0n) is 30.2. The van der Waals surface area contributed by atoms with Crippen molar-refractivity contribution < 1.29 is 75.7 Å². The summed E-state index contributed by atoms with van der Waals surface area (Å²) in [6.07, 6.45) is -4.88. The number of amides is 1. The second-order valence-corrected chi connectivity index (χ2v) is 14.4. The van der Waals surface area contributed by atoms with Crippen LogP contribution in [0.3, 0.4) is 0 Å². The lowest BCUT2D eigenvalue weighted by atomic mass is 9.82. The Hall–Kier alpha value is -4.23. The van der Waals surface area contributed by atoms with E-state index in [0.29, 0.717) is 16.5 Å². The quantitative estimate of drug-likeness (QED) is 0.225. The van der Waals surface area contributed by atoms with Gasteiger partial charge in [0.05, 0.1) is 5.69 Å². The third kappa shape index (κ3) is 14.2. The molecule has 2 heterocycles. The Balaban J connectivity index is 0.000000610. The molecule has 0 bridgehead atoms. The number of carboxylic acids is 2. The summed E-state index contributed by atoms with van der Waals surface area (Å²) in [5, 5.41) is 17.6. The molecule has 12 nitrogen and oxygen atoms in total. The average molecular weight is 797 g/mol. The number of halogens is 6. The average Bonchev–Trinajstić information content (AvgIpc) is 3.54. The molecule has 19 heteroatoms. The number of piperidine rings is 1. The van der Waals surface area contributed by atoms with E-state index in [1.807, 2.05) is 55.1 Å². The van der Waals surface area contributed by atoms with Crippen LogP contribution in [0.2, 0.25) is 0 Å². The molecule has 1 aliphatic heterocycles. The van der Waals surface area contributed by atoms with Gasteiger partial charge in [0.1, 0.15) is 16.8 Å². The lowest BCUT2D eigenvalue weighted by Gasteiger charge is -2.40. The van der Waals surface area contributed by atoms with Gasteiger partial charge in [-0.2, -0.15) is 26.3 Å². The van der Waals surface area contributed by atoms with Crippen molar-refractivity contribution in [2.75, 3.05) is 31.8 Å². The number of carbonyl (C=O) groups excluding carboxylic acids is 5. The van der Waals surface area contributed by atoms with E-state index in [-0.39, 0.29) is 23.8 Å². The number of carbonyl (C=O) groups is 5. The Kier molecular flexibility index (Phi) is 17.4. The number of benzene rings is 1. The predicted octanol–water partition coefficient (Wildman–Crippen LogP) is 3.19. The van der Waals surface area contributed by atoms with E-state index >= 15 is 0 Å². The van der Waals surface area contributed by atoms with Crippen LogP contribution in [-0.2, 0) is 28.7 Å². The van der Waals surface area contributed by atoms with Crippen molar-refractivity contribution in [1.29, 1.82) is 0 Å². The molecule has 1 atom stereocenters. The highest BCUT2D eigenvalue weighted by Crippen LogP contribution is 2.41. The van der Waals surface area contributed by atoms with E-state index in [9.17, 15) is 40.7 Å². The van der Waals surface area contributed by atoms with Gasteiger partial charge < -0.3 is 44.8 Å². The smallest absolute Gasteiger partial charge is 0.430 e. The van der Waals surface area contributed by atoms with Crippen LogP contribution in [0.5, 0.6) is 0 Å². The van der Waals surface area contributed by atoms with E-state index in [1.165, 1.54) is 11.3 Å². The molecule has 54 heavy (non-hydrogen) atoms. The van der Waals surface area contributed by atoms with Crippen molar-refractivity contribution in [3.05, 3.63) is 41.3 Å². The molecular formula is C35H44F6N3O9S-. The molecule has 1 saturated carbocycles. The fourth-order valence-corrected chi connectivity index (χ4v) is 6.54. The topological polar surface area (TPSA) is 184 Å². The van der Waals surface area contributed by atoms with E-state index in [2.05, 4.69) is 24.6 Å². The zero-order chi connectivity index (χ0) is 41.0. The molecule has 302 valence electrons. The minimum Gasteiger partial charge on any atom is -0.542 e. The highest BCUT2D eigenvalue weighted by molar-refractivity contribution is 7.18. The van der Waals surface area contributed by atoms with Crippen molar-refractivity contribution >= 4 is 46.8 Å². The second kappa shape index (κ2) is 20.5. The van der Waals surface area contributed by atoms with Gasteiger partial charge in [0, 0.05) is 22.8 Å². The molecule has 1 aromatic heterocycles. The molecule has 4 rings (SSSR count). The van der Waals surface area contributed by atoms with Crippen LogP contribution >= 0.6 is 11.3 Å². The molecule has 2 fully saturated rings. The van der Waals surface area contributed by atoms with Gasteiger partial charge in [0.25, 0.3) is 0 Å². The summed E-state index contributed by atoms with van der Waals surface area (Å²) in [5.74, 6) is -6.41. The minimum absolute atomic E-state index is 0.00335. The minimum atomic E-state index is -5.19. The molecule has 1 amide bonds. The van der Waals surface area contributed by atoms with Gasteiger partial charge in [-0.1, -0.05) is 51.1 Å². The van der Waals surface area contributed by atoms with Crippen LogP contribution in [-0.4, -0.2) is 86.1 Å². The van der Waals surface area contributed by atoms with E-state index in [4.69, 9.17) is 29.3 Å². The molecule has 1 saturated heterocycles. The number of thiophene rings is 1. The van der Waals surface area contributed by atoms with Crippen LogP contribution in [0.25, 0.3) is 10.4 Å². The van der Waals surface area contributed by atoms with Crippen LogP contribution in [0.15, 0.2) is 36.4 Å². The molecule has 0 unspecified atom stereocenters. The summed E-state index contributed by atoms with van der Waals surface area (Å²) in [6, 6.07) is 11.3. The van der Waals surface area contributed by atoms with Crippen molar-refractivity contribution in [3.63, 3.8) is 0 Å². The SMILES string of the molecule is CC1CCC(C(=O)N(c2cc(-c3ccccc3)sc2C(=O)OCOC(=O)[C@@H]([NH3+])C(C)C)C2CCN(C)CC2)CC1.O=C([O-])C(F)(F)F.O=C([O-])C(F)(F)F. The van der Waals surface area contributed by atoms with Gasteiger partial charge >= 0.3 is 24.3 Å². The molecule has 3 N–H and O–H groups in total. The highest BCUT2D eigenvalue weighted by Gasteiger charge is 2.37. The number of hydrogen-bond donors (Lipinski definition) is 1. The van der Waals surface area contributed by atoms with Gasteiger partial charge in [-0.3, -0.25) is 4.79 Å². The summed E-state index contributed by atoms with van der Waals surface area (Å²) in [4.78, 5) is 63.0. The number of aliphatic carboxylic acids is 2. The van der Waals surface area contributed by atoms with Gasteiger partial charge in [-0.25, -0.2) is 9.59 Å². The number of esters is 2. The maximum atomic E-state index is 14.2. The first-order valence-electron chi connectivity index (χ1n) is 17.0. The number of likely N-dealkylation sites (tertiary alicyclic amines) is 1. The number of carboxylic acid groups (broad SMARTS) is 2. The maximum Gasteiger partial charge on any atom is 0.430 e. The van der Waals surface area contributed by atoms with Gasteiger partial charge in [-0.15, -0.1) is 11.3 Å². The Morgan fingerprint density at radius 3 is 1.85 bits per heavy atom. The van der Waals surface area contributed by atoms with Gasteiger partial charge in [-0.05, 0) is 76.2 Å². The Morgan fingerprint density at radius 1 is 0.889 bits per heavy atom. The Labute approximate surface area is 312 Å². The summed E-state index contributed by atoms with van der Waals surface area (Å²) >= 11 is 1.32. The van der Waals surface area contributed by atoms with Crippen molar-refractivity contribution in [1.82, 2.24) is 4.90 Å². The second-order valence-electron chi connectivity index (χ2n) is 13.3. The van der Waals surface area contributed by atoms with Crippen molar-refractivity contribution in [3.8, 4) is 10.4 Å². The van der Waals surface area contributed by atoms with E-state index < -0.39 is 49.1 Å². The first-order valence-corrected chi connectivity index (χ1v) is 17.8. The molecule has 1 aromatic carbocycles. The van der Waals surface area contributed by atoms with Crippen molar-refractivity contribution in [2.24, 2.45) is 17.8 Å². The molecule has 2 aromatic rings. The number of quaternary nitrogens is 1. The third-order valence-corrected chi connectivity index (χ3v) is 9.99. The fraction of sp³-hybridized carbons (Fsp3) is 0.571. The largest absolute Gasteiger partial charge is 0.542 e. The van der Waals surface area contributed by atoms with Crippen molar-refractivity contribution in [2.45, 2.75) is 83.7 Å². The zero-order valence-corrected chi connectivity index (χ0v) is 31.0. The van der Waals surface area contributed by atoms with Crippen LogP contribution in [0, 0.1) is 17.8 Å². The standard InChI is InChI=1S/C31H43N3O5S.2C2HF3O2/c1-20(2)27(32)30(36)38-19-39-31(37)28-25(18-26(40-28)22-8-6-5-7-9-22)34(24-14-16-33(4)17-15-24)29(35)23-12-10-21(3)11-13-23;2*3-2(4,5)1(6)7/h5-9,18,20-21,23-24,27H,10-17,19,32H2,1-4H3;2*(H,6,7)/p-1/t21?,23?,27-;;/m0../s1. The Morgan fingerprint density at radius 2 is 1.39 bits per heavy atom. The number of anilines is 1. The van der Waals surface area contributed by atoms with Gasteiger partial charge in [0.2, 0.25) is 12.7 Å². The van der Waals surface area contributed by atoms with E-state index in [0.717, 1.165) is 62.1 Å². The number of rotatable bonds is 9. The normalized spacial score (nSPS) is 18.6. The van der Waals surface area contributed by atoms with Crippen LogP contribution < -0.4 is 20.8 Å². The highest BCUT2D eigenvalue weighted by atomic mass is 32.1. The predicted molar refractivity (Wildman–Crippen MR) is 179 cm³/mol. The lowest BCUT2D eigenvalue weighted by Crippen LogP contribution is -2.67. The molecule has 1 aliphatic carbocycles. The lowest BCUT2D eigenvalue weighted by molar-refractivity contribution is -0.419. The number of ether oxygens (including phenoxy) is 2. The summed E-state index contributed by atoms with van der Waals surface area (Å²) in [5.41, 5.74) is 5.41. The van der Waals surface area contributed by atoms with E-state index in [1.54, 1.807) is 0 Å². The summed E-state index contributed by atoms with van der Waals surface area (Å²) in [6.45, 7) is 7.31. The first-order chi connectivity index (χ1) is 25.0. The third-order valence-electron chi connectivity index (χ3n) is 8.83.